The van der Waals surface area contributed by atoms with Gasteiger partial charge in [-0.25, -0.2) is 0 Å². The Labute approximate surface area is 158 Å². The summed E-state index contributed by atoms with van der Waals surface area (Å²) in [6, 6.07) is 10.8. The molecule has 1 amide bonds. The van der Waals surface area contributed by atoms with Crippen molar-refractivity contribution in [3.05, 3.63) is 64.1 Å². The van der Waals surface area contributed by atoms with Gasteiger partial charge >= 0.3 is 0 Å². The van der Waals surface area contributed by atoms with E-state index in [9.17, 15) is 14.7 Å². The van der Waals surface area contributed by atoms with Crippen LogP contribution in [0.5, 0.6) is 5.75 Å². The van der Waals surface area contributed by atoms with Crippen molar-refractivity contribution >= 4 is 5.91 Å². The SMILES string of the molecule is CN1CCN(C(=O)c2c(OCc3ccccc3)c(=O)ccn2C)CC1CO. The Balaban J connectivity index is 1.87. The van der Waals surface area contributed by atoms with Crippen LogP contribution in [-0.2, 0) is 13.7 Å². The number of hydrogen-bond acceptors (Lipinski definition) is 5. The number of piperazine rings is 1. The summed E-state index contributed by atoms with van der Waals surface area (Å²) in [5.74, 6) is -0.196. The smallest absolute Gasteiger partial charge is 0.274 e. The summed E-state index contributed by atoms with van der Waals surface area (Å²) in [5.41, 5.74) is 0.835. The van der Waals surface area contributed by atoms with Gasteiger partial charge in [0, 0.05) is 38.9 Å². The van der Waals surface area contributed by atoms with Crippen molar-refractivity contribution in [3.8, 4) is 5.75 Å². The van der Waals surface area contributed by atoms with E-state index in [1.807, 2.05) is 42.3 Å². The average Bonchev–Trinajstić information content (AvgIpc) is 2.69. The standard InChI is InChI=1S/C20H25N3O4/c1-21-10-11-23(12-16(21)13-24)20(26)18-19(17(25)8-9-22(18)2)27-14-15-6-4-3-5-7-15/h3-9,16,24H,10-14H2,1-2H3. The molecule has 0 saturated carbocycles. The predicted octanol–water partition coefficient (Wildman–Crippen LogP) is 0.713. The molecule has 1 fully saturated rings. The van der Waals surface area contributed by atoms with E-state index >= 15 is 0 Å². The molecule has 1 atom stereocenters. The Morgan fingerprint density at radius 3 is 2.63 bits per heavy atom. The number of carbonyl (C=O) groups excluding carboxylic acids is 1. The molecule has 27 heavy (non-hydrogen) atoms. The Bertz CT molecular complexity index is 850. The number of hydrogen-bond donors (Lipinski definition) is 1. The molecule has 7 heteroatoms. The Kier molecular flexibility index (Phi) is 5.93. The Morgan fingerprint density at radius 1 is 1.19 bits per heavy atom. The Hall–Kier alpha value is -2.64. The van der Waals surface area contributed by atoms with Gasteiger partial charge in [-0.05, 0) is 12.6 Å². The molecule has 0 bridgehead atoms. The van der Waals surface area contributed by atoms with Crippen molar-refractivity contribution < 1.29 is 14.6 Å². The highest BCUT2D eigenvalue weighted by molar-refractivity contribution is 5.95. The number of ether oxygens (including phenoxy) is 1. The van der Waals surface area contributed by atoms with E-state index < -0.39 is 0 Å². The van der Waals surface area contributed by atoms with Crippen molar-refractivity contribution in [1.29, 1.82) is 0 Å². The number of amides is 1. The van der Waals surface area contributed by atoms with Crippen molar-refractivity contribution in [2.45, 2.75) is 12.6 Å². The third-order valence-corrected chi connectivity index (χ3v) is 4.94. The van der Waals surface area contributed by atoms with Gasteiger partial charge in [-0.15, -0.1) is 0 Å². The summed E-state index contributed by atoms with van der Waals surface area (Å²) in [7, 11) is 3.65. The van der Waals surface area contributed by atoms with E-state index in [-0.39, 0.29) is 42.0 Å². The van der Waals surface area contributed by atoms with Gasteiger partial charge in [-0.2, -0.15) is 0 Å². The van der Waals surface area contributed by atoms with Crippen LogP contribution in [0.2, 0.25) is 0 Å². The number of aliphatic hydroxyl groups excluding tert-OH is 1. The van der Waals surface area contributed by atoms with E-state index in [0.29, 0.717) is 19.6 Å². The minimum absolute atomic E-state index is 0.0225. The molecular weight excluding hydrogens is 346 g/mol. The van der Waals surface area contributed by atoms with Gasteiger partial charge < -0.3 is 19.3 Å². The maximum atomic E-state index is 13.2. The number of aliphatic hydroxyl groups is 1. The summed E-state index contributed by atoms with van der Waals surface area (Å²) >= 11 is 0. The molecule has 0 radical (unpaired) electrons. The molecule has 2 aromatic rings. The molecule has 7 nitrogen and oxygen atoms in total. The largest absolute Gasteiger partial charge is 0.483 e. The average molecular weight is 371 g/mol. The van der Waals surface area contributed by atoms with Gasteiger partial charge in [0.1, 0.15) is 6.61 Å². The van der Waals surface area contributed by atoms with E-state index in [2.05, 4.69) is 0 Å². The van der Waals surface area contributed by atoms with Crippen molar-refractivity contribution in [2.75, 3.05) is 33.3 Å². The fourth-order valence-corrected chi connectivity index (χ4v) is 3.20. The van der Waals surface area contributed by atoms with E-state index in [1.54, 1.807) is 22.7 Å². The van der Waals surface area contributed by atoms with Gasteiger partial charge in [0.2, 0.25) is 5.43 Å². The molecule has 1 aromatic heterocycles. The summed E-state index contributed by atoms with van der Waals surface area (Å²) in [4.78, 5) is 29.3. The second kappa shape index (κ2) is 8.37. The monoisotopic (exact) mass is 371 g/mol. The highest BCUT2D eigenvalue weighted by Gasteiger charge is 2.30. The van der Waals surface area contributed by atoms with Crippen LogP contribution in [-0.4, -0.2) is 64.7 Å². The molecule has 1 N–H and O–H groups in total. The number of likely N-dealkylation sites (N-methyl/N-ethyl adjacent to an activating group) is 1. The van der Waals surface area contributed by atoms with Crippen LogP contribution in [0.4, 0.5) is 0 Å². The lowest BCUT2D eigenvalue weighted by molar-refractivity contribution is 0.0409. The first kappa shape index (κ1) is 19.1. The first-order valence-electron chi connectivity index (χ1n) is 8.98. The number of rotatable bonds is 5. The summed E-state index contributed by atoms with van der Waals surface area (Å²) in [6.07, 6.45) is 1.57. The van der Waals surface area contributed by atoms with Crippen LogP contribution >= 0.6 is 0 Å². The second-order valence-electron chi connectivity index (χ2n) is 6.81. The van der Waals surface area contributed by atoms with Crippen LogP contribution < -0.4 is 10.2 Å². The Morgan fingerprint density at radius 2 is 1.93 bits per heavy atom. The minimum Gasteiger partial charge on any atom is -0.483 e. The maximum absolute atomic E-state index is 13.2. The van der Waals surface area contributed by atoms with Crippen LogP contribution in [0.15, 0.2) is 47.4 Å². The molecule has 1 aliphatic heterocycles. The fraction of sp³-hybridized carbons (Fsp3) is 0.400. The van der Waals surface area contributed by atoms with E-state index in [4.69, 9.17) is 4.74 Å². The predicted molar refractivity (Wildman–Crippen MR) is 102 cm³/mol. The lowest BCUT2D eigenvalue weighted by Crippen LogP contribution is -2.55. The molecule has 2 heterocycles. The third-order valence-electron chi connectivity index (χ3n) is 4.94. The van der Waals surface area contributed by atoms with E-state index in [1.165, 1.54) is 6.07 Å². The van der Waals surface area contributed by atoms with Crippen LogP contribution in [0.1, 0.15) is 16.1 Å². The molecule has 0 spiro atoms. The summed E-state index contributed by atoms with van der Waals surface area (Å²) in [6.45, 7) is 1.80. The first-order valence-corrected chi connectivity index (χ1v) is 8.98. The molecule has 1 aromatic carbocycles. The molecular formula is C20H25N3O4. The topological polar surface area (TPSA) is 75.0 Å². The molecule has 1 unspecified atom stereocenters. The first-order chi connectivity index (χ1) is 13.0. The van der Waals surface area contributed by atoms with Crippen molar-refractivity contribution in [3.63, 3.8) is 0 Å². The number of nitrogens with zero attached hydrogens (tertiary/aromatic N) is 3. The molecule has 1 aliphatic rings. The molecule has 0 aliphatic carbocycles. The number of aromatic nitrogens is 1. The normalized spacial score (nSPS) is 17.7. The molecule has 144 valence electrons. The van der Waals surface area contributed by atoms with Crippen molar-refractivity contribution in [2.24, 2.45) is 7.05 Å². The number of aryl methyl sites for hydroxylation is 1. The van der Waals surface area contributed by atoms with Gasteiger partial charge in [0.25, 0.3) is 5.91 Å². The van der Waals surface area contributed by atoms with Gasteiger partial charge in [-0.3, -0.25) is 14.5 Å². The van der Waals surface area contributed by atoms with Crippen LogP contribution in [0, 0.1) is 0 Å². The quantitative estimate of drug-likeness (QED) is 0.838. The third kappa shape index (κ3) is 4.20. The van der Waals surface area contributed by atoms with Gasteiger partial charge in [0.15, 0.2) is 11.4 Å². The molecule has 3 rings (SSSR count). The zero-order valence-electron chi connectivity index (χ0n) is 15.7. The summed E-state index contributed by atoms with van der Waals surface area (Å²) < 4.78 is 7.40. The molecule has 1 saturated heterocycles. The summed E-state index contributed by atoms with van der Waals surface area (Å²) in [5, 5.41) is 9.54. The fourth-order valence-electron chi connectivity index (χ4n) is 3.20. The van der Waals surface area contributed by atoms with Gasteiger partial charge in [-0.1, -0.05) is 30.3 Å². The zero-order valence-corrected chi connectivity index (χ0v) is 15.7. The number of carbonyl (C=O) groups is 1. The maximum Gasteiger partial charge on any atom is 0.274 e. The van der Waals surface area contributed by atoms with Crippen molar-refractivity contribution in [1.82, 2.24) is 14.4 Å². The second-order valence-corrected chi connectivity index (χ2v) is 6.81. The number of benzene rings is 1. The highest BCUT2D eigenvalue weighted by Crippen LogP contribution is 2.19. The van der Waals surface area contributed by atoms with E-state index in [0.717, 1.165) is 5.56 Å². The lowest BCUT2D eigenvalue weighted by Gasteiger charge is -2.38. The minimum atomic E-state index is -0.319. The lowest BCUT2D eigenvalue weighted by atomic mass is 10.1. The van der Waals surface area contributed by atoms with Gasteiger partial charge in [0.05, 0.1) is 12.6 Å². The van der Waals surface area contributed by atoms with Crippen LogP contribution in [0.3, 0.4) is 0 Å². The highest BCUT2D eigenvalue weighted by atomic mass is 16.5. The zero-order chi connectivity index (χ0) is 19.4. The van der Waals surface area contributed by atoms with Crippen LogP contribution in [0.25, 0.3) is 0 Å². The number of pyridine rings is 1.